The molecule has 6 nitrogen and oxygen atoms in total. The minimum absolute atomic E-state index is 0.168. The SMILES string of the molecule is Cc1ccc(-c2ccc(C(=O)Nc3ccc(N4C[C@@H](C)O[C@@H](C)C4)nc3)o2)cc1. The van der Waals surface area contributed by atoms with Gasteiger partial charge in [0, 0.05) is 18.7 Å². The van der Waals surface area contributed by atoms with E-state index in [1.54, 1.807) is 12.3 Å². The largest absolute Gasteiger partial charge is 0.451 e. The van der Waals surface area contributed by atoms with Crippen molar-refractivity contribution in [1.82, 2.24) is 4.98 Å². The molecule has 0 aliphatic carbocycles. The molecule has 2 atom stereocenters. The smallest absolute Gasteiger partial charge is 0.291 e. The maximum Gasteiger partial charge on any atom is 0.291 e. The molecule has 1 amide bonds. The lowest BCUT2D eigenvalue weighted by Crippen LogP contribution is -2.45. The number of nitrogens with zero attached hydrogens (tertiary/aromatic N) is 2. The van der Waals surface area contributed by atoms with E-state index in [0.29, 0.717) is 11.4 Å². The van der Waals surface area contributed by atoms with Crippen molar-refractivity contribution in [2.75, 3.05) is 23.3 Å². The maximum absolute atomic E-state index is 12.5. The third-order valence-electron chi connectivity index (χ3n) is 4.92. The van der Waals surface area contributed by atoms with Crippen LogP contribution < -0.4 is 10.2 Å². The van der Waals surface area contributed by atoms with Gasteiger partial charge < -0.3 is 19.4 Å². The topological polar surface area (TPSA) is 67.6 Å². The van der Waals surface area contributed by atoms with Crippen molar-refractivity contribution in [3.05, 3.63) is 66.1 Å². The molecule has 3 aromatic rings. The molecule has 1 aliphatic rings. The highest BCUT2D eigenvalue weighted by Gasteiger charge is 2.23. The molecule has 1 N–H and O–H groups in total. The zero-order valence-corrected chi connectivity index (χ0v) is 16.9. The average molecular weight is 391 g/mol. The first-order chi connectivity index (χ1) is 14.0. The zero-order valence-electron chi connectivity index (χ0n) is 16.9. The molecule has 0 saturated carbocycles. The number of pyridine rings is 1. The van der Waals surface area contributed by atoms with Crippen LogP contribution in [0.1, 0.15) is 30.0 Å². The normalized spacial score (nSPS) is 19.2. The summed E-state index contributed by atoms with van der Waals surface area (Å²) >= 11 is 0. The Hall–Kier alpha value is -3.12. The second kappa shape index (κ2) is 8.09. The number of ether oxygens (including phenoxy) is 1. The summed E-state index contributed by atoms with van der Waals surface area (Å²) in [6.07, 6.45) is 2.00. The van der Waals surface area contributed by atoms with Crippen LogP contribution in [0.5, 0.6) is 0 Å². The molecule has 1 aromatic carbocycles. The molecule has 0 radical (unpaired) electrons. The number of amides is 1. The second-order valence-electron chi connectivity index (χ2n) is 7.55. The highest BCUT2D eigenvalue weighted by atomic mass is 16.5. The van der Waals surface area contributed by atoms with Crippen molar-refractivity contribution in [1.29, 1.82) is 0 Å². The Morgan fingerprint density at radius 2 is 1.76 bits per heavy atom. The first-order valence-electron chi connectivity index (χ1n) is 9.82. The fraction of sp³-hybridized carbons (Fsp3) is 0.304. The van der Waals surface area contributed by atoms with Gasteiger partial charge in [-0.1, -0.05) is 29.8 Å². The summed E-state index contributed by atoms with van der Waals surface area (Å²) in [4.78, 5) is 19.2. The molecular formula is C23H25N3O3. The standard InChI is InChI=1S/C23H25N3O3/c1-15-4-6-18(7-5-15)20-9-10-21(29-20)23(27)25-19-8-11-22(24-12-19)26-13-16(2)28-17(3)14-26/h4-12,16-17H,13-14H2,1-3H3,(H,25,27)/t16-,17+. The minimum Gasteiger partial charge on any atom is -0.451 e. The van der Waals surface area contributed by atoms with E-state index in [1.807, 2.05) is 49.4 Å². The maximum atomic E-state index is 12.5. The van der Waals surface area contributed by atoms with E-state index >= 15 is 0 Å². The zero-order chi connectivity index (χ0) is 20.4. The number of carbonyl (C=O) groups excluding carboxylic acids is 1. The monoisotopic (exact) mass is 391 g/mol. The minimum atomic E-state index is -0.300. The van der Waals surface area contributed by atoms with E-state index in [-0.39, 0.29) is 23.9 Å². The van der Waals surface area contributed by atoms with Crippen LogP contribution in [-0.4, -0.2) is 36.2 Å². The number of carbonyl (C=O) groups is 1. The molecule has 150 valence electrons. The lowest BCUT2D eigenvalue weighted by molar-refractivity contribution is -0.00545. The van der Waals surface area contributed by atoms with Crippen LogP contribution in [0.15, 0.2) is 59.1 Å². The van der Waals surface area contributed by atoms with Crippen molar-refractivity contribution < 1.29 is 13.9 Å². The van der Waals surface area contributed by atoms with Gasteiger partial charge in [0.1, 0.15) is 11.6 Å². The predicted octanol–water partition coefficient (Wildman–Crippen LogP) is 4.52. The van der Waals surface area contributed by atoms with E-state index in [2.05, 4.69) is 29.0 Å². The summed E-state index contributed by atoms with van der Waals surface area (Å²) in [5.74, 6) is 1.51. The van der Waals surface area contributed by atoms with Crippen LogP contribution >= 0.6 is 0 Å². The Labute approximate surface area is 170 Å². The highest BCUT2D eigenvalue weighted by Crippen LogP contribution is 2.24. The number of morpholine rings is 1. The van der Waals surface area contributed by atoms with Gasteiger partial charge in [-0.05, 0) is 45.0 Å². The quantitative estimate of drug-likeness (QED) is 0.708. The van der Waals surface area contributed by atoms with Crippen molar-refractivity contribution >= 4 is 17.4 Å². The number of hydrogen-bond acceptors (Lipinski definition) is 5. The van der Waals surface area contributed by atoms with Gasteiger partial charge in [0.25, 0.3) is 5.91 Å². The summed E-state index contributed by atoms with van der Waals surface area (Å²) in [6, 6.07) is 15.2. The molecular weight excluding hydrogens is 366 g/mol. The molecule has 29 heavy (non-hydrogen) atoms. The number of furan rings is 1. The Kier molecular flexibility index (Phi) is 5.36. The Balaban J connectivity index is 1.42. The van der Waals surface area contributed by atoms with Crippen LogP contribution in [0, 0.1) is 6.92 Å². The number of anilines is 2. The van der Waals surface area contributed by atoms with Crippen molar-refractivity contribution in [2.24, 2.45) is 0 Å². The van der Waals surface area contributed by atoms with E-state index in [9.17, 15) is 4.79 Å². The first-order valence-corrected chi connectivity index (χ1v) is 9.82. The number of benzene rings is 1. The Morgan fingerprint density at radius 3 is 2.41 bits per heavy atom. The summed E-state index contributed by atoms with van der Waals surface area (Å²) in [5.41, 5.74) is 2.74. The predicted molar refractivity (Wildman–Crippen MR) is 113 cm³/mol. The van der Waals surface area contributed by atoms with Crippen molar-refractivity contribution in [3.63, 3.8) is 0 Å². The third-order valence-corrected chi connectivity index (χ3v) is 4.92. The fourth-order valence-corrected chi connectivity index (χ4v) is 3.54. The number of nitrogens with one attached hydrogen (secondary N) is 1. The van der Waals surface area contributed by atoms with E-state index in [1.165, 1.54) is 5.56 Å². The lowest BCUT2D eigenvalue weighted by Gasteiger charge is -2.36. The third kappa shape index (κ3) is 4.49. The van der Waals surface area contributed by atoms with E-state index in [0.717, 1.165) is 24.5 Å². The van der Waals surface area contributed by atoms with Gasteiger partial charge >= 0.3 is 0 Å². The summed E-state index contributed by atoms with van der Waals surface area (Å²) in [7, 11) is 0. The molecule has 3 heterocycles. The van der Waals surface area contributed by atoms with Gasteiger partial charge in [-0.3, -0.25) is 4.79 Å². The Morgan fingerprint density at radius 1 is 1.03 bits per heavy atom. The number of aromatic nitrogens is 1. The molecule has 0 unspecified atom stereocenters. The van der Waals surface area contributed by atoms with Gasteiger partial charge in [-0.2, -0.15) is 0 Å². The van der Waals surface area contributed by atoms with Gasteiger partial charge in [-0.25, -0.2) is 4.98 Å². The lowest BCUT2D eigenvalue weighted by atomic mass is 10.1. The number of rotatable bonds is 4. The highest BCUT2D eigenvalue weighted by molar-refractivity contribution is 6.02. The molecule has 1 saturated heterocycles. The number of aryl methyl sites for hydroxylation is 1. The van der Waals surface area contributed by atoms with Crippen molar-refractivity contribution in [3.8, 4) is 11.3 Å². The van der Waals surface area contributed by atoms with Gasteiger partial charge in [0.2, 0.25) is 0 Å². The van der Waals surface area contributed by atoms with Crippen LogP contribution in [0.25, 0.3) is 11.3 Å². The molecule has 4 rings (SSSR count). The van der Waals surface area contributed by atoms with Gasteiger partial charge in [0.05, 0.1) is 24.1 Å². The molecule has 1 aliphatic heterocycles. The average Bonchev–Trinajstić information content (AvgIpc) is 3.19. The fourth-order valence-electron chi connectivity index (χ4n) is 3.54. The van der Waals surface area contributed by atoms with Crippen LogP contribution in [0.3, 0.4) is 0 Å². The first kappa shape index (κ1) is 19.2. The number of hydrogen-bond donors (Lipinski definition) is 1. The molecule has 0 bridgehead atoms. The van der Waals surface area contributed by atoms with E-state index in [4.69, 9.17) is 9.15 Å². The summed E-state index contributed by atoms with van der Waals surface area (Å²) < 4.78 is 11.5. The van der Waals surface area contributed by atoms with Gasteiger partial charge in [-0.15, -0.1) is 0 Å². The van der Waals surface area contributed by atoms with Crippen molar-refractivity contribution in [2.45, 2.75) is 33.0 Å². The summed E-state index contributed by atoms with van der Waals surface area (Å²) in [5, 5.41) is 2.84. The summed E-state index contributed by atoms with van der Waals surface area (Å²) in [6.45, 7) is 7.76. The molecule has 6 heteroatoms. The van der Waals surface area contributed by atoms with Crippen LogP contribution in [0.2, 0.25) is 0 Å². The molecule has 2 aromatic heterocycles. The molecule has 1 fully saturated rings. The van der Waals surface area contributed by atoms with Crippen LogP contribution in [-0.2, 0) is 4.74 Å². The van der Waals surface area contributed by atoms with Crippen LogP contribution in [0.4, 0.5) is 11.5 Å². The van der Waals surface area contributed by atoms with Gasteiger partial charge in [0.15, 0.2) is 5.76 Å². The molecule has 0 spiro atoms. The van der Waals surface area contributed by atoms with E-state index < -0.39 is 0 Å². The second-order valence-corrected chi connectivity index (χ2v) is 7.55. The Bertz CT molecular complexity index is 969.